The van der Waals surface area contributed by atoms with Gasteiger partial charge in [0.15, 0.2) is 0 Å². The topological polar surface area (TPSA) is 83.5 Å². The zero-order valence-corrected chi connectivity index (χ0v) is 16.9. The standard InChI is InChI=1S/C16H24O5S.Na/c1-3-4-5-6-7-13(2)12-16(17)21-14-8-10-15(11-9-14)22(18,19)20;/h8-11,13H,3-7,12H2,1-2H3,(H,18,19,20);/q;+1/p-1. The van der Waals surface area contributed by atoms with Crippen LogP contribution in [0.25, 0.3) is 0 Å². The molecule has 0 radical (unpaired) electrons. The summed E-state index contributed by atoms with van der Waals surface area (Å²) in [7, 11) is -4.47. The molecular weight excluding hydrogens is 327 g/mol. The minimum atomic E-state index is -4.47. The van der Waals surface area contributed by atoms with Crippen molar-refractivity contribution in [1.82, 2.24) is 0 Å². The zero-order chi connectivity index (χ0) is 16.6. The van der Waals surface area contributed by atoms with Crippen LogP contribution in [0.1, 0.15) is 52.4 Å². The minimum Gasteiger partial charge on any atom is -0.744 e. The molecule has 1 rings (SSSR count). The van der Waals surface area contributed by atoms with Crippen LogP contribution in [0.15, 0.2) is 29.2 Å². The molecule has 23 heavy (non-hydrogen) atoms. The van der Waals surface area contributed by atoms with Gasteiger partial charge in [0.25, 0.3) is 0 Å². The van der Waals surface area contributed by atoms with E-state index in [0.29, 0.717) is 6.42 Å². The first-order valence-corrected chi connectivity index (χ1v) is 9.00. The van der Waals surface area contributed by atoms with E-state index in [1.807, 2.05) is 6.92 Å². The summed E-state index contributed by atoms with van der Waals surface area (Å²) in [5.74, 6) is 0.155. The predicted octanol–water partition coefficient (Wildman–Crippen LogP) is 0.497. The number of carbonyl (C=O) groups is 1. The van der Waals surface area contributed by atoms with Crippen molar-refractivity contribution in [1.29, 1.82) is 0 Å². The summed E-state index contributed by atoms with van der Waals surface area (Å²) in [5, 5.41) is 0. The molecule has 0 aliphatic heterocycles. The van der Waals surface area contributed by atoms with Gasteiger partial charge in [0.1, 0.15) is 15.9 Å². The number of unbranched alkanes of at least 4 members (excludes halogenated alkanes) is 3. The van der Waals surface area contributed by atoms with E-state index in [4.69, 9.17) is 4.74 Å². The first-order chi connectivity index (χ1) is 10.3. The van der Waals surface area contributed by atoms with Gasteiger partial charge < -0.3 is 9.29 Å². The Bertz CT molecular complexity index is 569. The molecular formula is C16H23NaO5S. The number of carbonyl (C=O) groups excluding carboxylic acids is 1. The summed E-state index contributed by atoms with van der Waals surface area (Å²) in [6.07, 6.45) is 6.01. The van der Waals surface area contributed by atoms with Crippen LogP contribution in [0.2, 0.25) is 0 Å². The summed E-state index contributed by atoms with van der Waals surface area (Å²) in [6.45, 7) is 4.17. The Labute approximate surface area is 160 Å². The van der Waals surface area contributed by atoms with E-state index in [2.05, 4.69) is 6.92 Å². The SMILES string of the molecule is CCCCCCC(C)CC(=O)Oc1ccc(S(=O)(=O)[O-])cc1.[Na+]. The number of benzene rings is 1. The molecule has 0 saturated heterocycles. The fourth-order valence-corrected chi connectivity index (χ4v) is 2.62. The normalized spacial score (nSPS) is 12.3. The summed E-state index contributed by atoms with van der Waals surface area (Å²) in [4.78, 5) is 11.5. The molecule has 7 heteroatoms. The van der Waals surface area contributed by atoms with E-state index >= 15 is 0 Å². The molecule has 0 saturated carbocycles. The van der Waals surface area contributed by atoms with Crippen LogP contribution in [-0.2, 0) is 14.9 Å². The Kier molecular flexibility index (Phi) is 11.0. The van der Waals surface area contributed by atoms with E-state index in [-0.39, 0.29) is 52.1 Å². The van der Waals surface area contributed by atoms with Crippen molar-refractivity contribution in [2.75, 3.05) is 0 Å². The van der Waals surface area contributed by atoms with Gasteiger partial charge in [-0.15, -0.1) is 0 Å². The molecule has 0 aliphatic rings. The third kappa shape index (κ3) is 9.47. The van der Waals surface area contributed by atoms with Gasteiger partial charge >= 0.3 is 35.5 Å². The maximum absolute atomic E-state index is 11.8. The Hall–Kier alpha value is -0.400. The average molecular weight is 350 g/mol. The molecule has 0 spiro atoms. The fourth-order valence-electron chi connectivity index (χ4n) is 2.15. The first kappa shape index (κ1) is 22.6. The Morgan fingerprint density at radius 3 is 2.30 bits per heavy atom. The summed E-state index contributed by atoms with van der Waals surface area (Å²) >= 11 is 0. The molecule has 1 aromatic carbocycles. The molecule has 0 fully saturated rings. The fraction of sp³-hybridized carbons (Fsp3) is 0.562. The van der Waals surface area contributed by atoms with E-state index in [0.717, 1.165) is 25.0 Å². The molecule has 0 bridgehead atoms. The minimum absolute atomic E-state index is 0. The molecule has 5 nitrogen and oxygen atoms in total. The molecule has 0 N–H and O–H groups in total. The molecule has 0 aliphatic carbocycles. The predicted molar refractivity (Wildman–Crippen MR) is 82.6 cm³/mol. The van der Waals surface area contributed by atoms with Gasteiger partial charge in [-0.05, 0) is 30.2 Å². The second-order valence-corrected chi connectivity index (χ2v) is 6.94. The molecule has 1 atom stereocenters. The van der Waals surface area contributed by atoms with Crippen LogP contribution < -0.4 is 34.3 Å². The van der Waals surface area contributed by atoms with Crippen molar-refractivity contribution in [2.45, 2.75) is 57.3 Å². The summed E-state index contributed by atoms with van der Waals surface area (Å²) in [6, 6.07) is 4.90. The van der Waals surface area contributed by atoms with Crippen LogP contribution in [0.3, 0.4) is 0 Å². The van der Waals surface area contributed by atoms with Crippen LogP contribution in [0, 0.1) is 5.92 Å². The number of hydrogen-bond donors (Lipinski definition) is 0. The van der Waals surface area contributed by atoms with Gasteiger partial charge in [0.2, 0.25) is 0 Å². The van der Waals surface area contributed by atoms with Gasteiger partial charge in [-0.2, -0.15) is 0 Å². The third-order valence-electron chi connectivity index (χ3n) is 3.41. The van der Waals surface area contributed by atoms with Gasteiger partial charge in [-0.1, -0.05) is 46.0 Å². The van der Waals surface area contributed by atoms with Crippen molar-refractivity contribution in [2.24, 2.45) is 5.92 Å². The summed E-state index contributed by atoms with van der Waals surface area (Å²) < 4.78 is 37.5. The van der Waals surface area contributed by atoms with Gasteiger partial charge in [0.05, 0.1) is 4.90 Å². The smallest absolute Gasteiger partial charge is 0.744 e. The first-order valence-electron chi connectivity index (χ1n) is 7.59. The second-order valence-electron chi connectivity index (χ2n) is 5.56. The zero-order valence-electron chi connectivity index (χ0n) is 14.1. The van der Waals surface area contributed by atoms with Crippen LogP contribution in [-0.4, -0.2) is 18.9 Å². The number of hydrogen-bond acceptors (Lipinski definition) is 5. The molecule has 0 amide bonds. The largest absolute Gasteiger partial charge is 1.00 e. The summed E-state index contributed by atoms with van der Waals surface area (Å²) in [5.41, 5.74) is 0. The Morgan fingerprint density at radius 1 is 1.17 bits per heavy atom. The quantitative estimate of drug-likeness (QED) is 0.213. The van der Waals surface area contributed by atoms with Crippen molar-refractivity contribution in [3.63, 3.8) is 0 Å². The van der Waals surface area contributed by atoms with Crippen molar-refractivity contribution < 1.29 is 52.1 Å². The van der Waals surface area contributed by atoms with E-state index in [9.17, 15) is 17.8 Å². The average Bonchev–Trinajstić information content (AvgIpc) is 2.43. The molecule has 124 valence electrons. The second kappa shape index (κ2) is 11.2. The maximum Gasteiger partial charge on any atom is 1.00 e. The van der Waals surface area contributed by atoms with Gasteiger partial charge in [-0.3, -0.25) is 4.79 Å². The van der Waals surface area contributed by atoms with Gasteiger partial charge in [0, 0.05) is 6.42 Å². The molecule has 0 aromatic heterocycles. The van der Waals surface area contributed by atoms with E-state index in [1.165, 1.54) is 31.4 Å². The van der Waals surface area contributed by atoms with Crippen LogP contribution in [0.5, 0.6) is 5.75 Å². The Morgan fingerprint density at radius 2 is 1.78 bits per heavy atom. The van der Waals surface area contributed by atoms with Crippen molar-refractivity contribution in [3.05, 3.63) is 24.3 Å². The van der Waals surface area contributed by atoms with E-state index < -0.39 is 10.1 Å². The van der Waals surface area contributed by atoms with Gasteiger partial charge in [-0.25, -0.2) is 8.42 Å². The van der Waals surface area contributed by atoms with Crippen LogP contribution in [0.4, 0.5) is 0 Å². The van der Waals surface area contributed by atoms with E-state index in [1.54, 1.807) is 0 Å². The Balaban J connectivity index is 0.00000484. The number of rotatable bonds is 9. The van der Waals surface area contributed by atoms with Crippen molar-refractivity contribution >= 4 is 16.1 Å². The molecule has 0 heterocycles. The number of esters is 1. The number of ether oxygens (including phenoxy) is 1. The molecule has 1 aromatic rings. The van der Waals surface area contributed by atoms with Crippen LogP contribution >= 0.6 is 0 Å². The molecule has 1 unspecified atom stereocenters. The maximum atomic E-state index is 11.8. The third-order valence-corrected chi connectivity index (χ3v) is 4.26. The van der Waals surface area contributed by atoms with Crippen molar-refractivity contribution in [3.8, 4) is 5.75 Å². The monoisotopic (exact) mass is 350 g/mol.